The van der Waals surface area contributed by atoms with Crippen LogP contribution in [-0.2, 0) is 0 Å². The first-order valence-electron chi connectivity index (χ1n) is 5.63. The zero-order chi connectivity index (χ0) is 13.0. The number of aryl methyl sites for hydroxylation is 1. The molecule has 3 N–H and O–H groups in total. The summed E-state index contributed by atoms with van der Waals surface area (Å²) < 4.78 is 1.01. The number of nitrogens with zero attached hydrogens (tertiary/aromatic N) is 2. The molecule has 4 nitrogen and oxygen atoms in total. The largest absolute Gasteiger partial charge is 0.388 e. The van der Waals surface area contributed by atoms with Gasteiger partial charge < -0.3 is 10.6 Å². The van der Waals surface area contributed by atoms with Crippen molar-refractivity contribution in [1.82, 2.24) is 4.98 Å². The number of rotatable bonds is 5. The number of amidine groups is 1. The third-order valence-corrected chi connectivity index (χ3v) is 3.40. The predicted octanol–water partition coefficient (Wildman–Crippen LogP) is 2.69. The number of pyridine rings is 1. The second-order valence-corrected chi connectivity index (χ2v) is 5.21. The molecule has 1 aromatic heterocycles. The Kier molecular flexibility index (Phi) is 4.93. The molecule has 0 amide bonds. The summed E-state index contributed by atoms with van der Waals surface area (Å²) in [6.07, 6.45) is 2.38. The molecular weight excluding hydrogens is 280 g/mol. The van der Waals surface area contributed by atoms with Crippen molar-refractivity contribution in [2.24, 2.45) is 5.73 Å². The molecular formula is C12H19BrN4. The van der Waals surface area contributed by atoms with Crippen LogP contribution in [0.5, 0.6) is 0 Å². The van der Waals surface area contributed by atoms with Crippen LogP contribution >= 0.6 is 15.9 Å². The molecule has 0 unspecified atom stereocenters. The van der Waals surface area contributed by atoms with Crippen LogP contribution in [-0.4, -0.2) is 23.4 Å². The lowest BCUT2D eigenvalue weighted by Crippen LogP contribution is -2.34. The minimum Gasteiger partial charge on any atom is -0.388 e. The zero-order valence-corrected chi connectivity index (χ0v) is 12.1. The molecule has 0 saturated heterocycles. The summed E-state index contributed by atoms with van der Waals surface area (Å²) >= 11 is 3.44. The van der Waals surface area contributed by atoms with Crippen LogP contribution in [0, 0.1) is 12.3 Å². The molecule has 17 heavy (non-hydrogen) atoms. The van der Waals surface area contributed by atoms with E-state index in [1.165, 1.54) is 0 Å². The van der Waals surface area contributed by atoms with Crippen LogP contribution in [0.1, 0.15) is 25.8 Å². The number of anilines is 1. The van der Waals surface area contributed by atoms with E-state index in [9.17, 15) is 0 Å². The van der Waals surface area contributed by atoms with Gasteiger partial charge in [-0.05, 0) is 48.3 Å². The van der Waals surface area contributed by atoms with E-state index in [-0.39, 0.29) is 5.84 Å². The molecule has 0 aromatic carbocycles. The molecule has 1 heterocycles. The van der Waals surface area contributed by atoms with E-state index in [1.807, 2.05) is 19.2 Å². The normalized spacial score (nSPS) is 10.6. The third-order valence-electron chi connectivity index (χ3n) is 2.57. The summed E-state index contributed by atoms with van der Waals surface area (Å²) in [4.78, 5) is 6.56. The van der Waals surface area contributed by atoms with Crippen LogP contribution in [0.4, 0.5) is 5.82 Å². The maximum absolute atomic E-state index is 7.29. The van der Waals surface area contributed by atoms with Crippen molar-refractivity contribution < 1.29 is 0 Å². The first kappa shape index (κ1) is 14.0. The lowest BCUT2D eigenvalue weighted by Gasteiger charge is -2.28. The fourth-order valence-corrected chi connectivity index (χ4v) is 1.78. The van der Waals surface area contributed by atoms with Crippen molar-refractivity contribution in [3.63, 3.8) is 0 Å². The van der Waals surface area contributed by atoms with Crippen LogP contribution in [0.2, 0.25) is 0 Å². The quantitative estimate of drug-likeness (QED) is 0.649. The molecule has 0 fully saturated rings. The van der Waals surface area contributed by atoms with Crippen LogP contribution < -0.4 is 10.6 Å². The van der Waals surface area contributed by atoms with Crippen molar-refractivity contribution in [3.8, 4) is 0 Å². The van der Waals surface area contributed by atoms with Crippen molar-refractivity contribution in [2.75, 3.05) is 11.4 Å². The third kappa shape index (κ3) is 4.00. The van der Waals surface area contributed by atoms with E-state index < -0.39 is 0 Å². The number of nitrogens with two attached hydrogens (primary N) is 1. The SMILES string of the molecule is Cc1cc(N(CCC(=N)N)C(C)C)ncc1Br. The second-order valence-electron chi connectivity index (χ2n) is 4.35. The first-order valence-corrected chi connectivity index (χ1v) is 6.42. The van der Waals surface area contributed by atoms with Gasteiger partial charge in [0.2, 0.25) is 0 Å². The molecule has 0 aliphatic heterocycles. The molecule has 0 saturated carbocycles. The Balaban J connectivity index is 2.89. The average Bonchev–Trinajstić information content (AvgIpc) is 2.22. The van der Waals surface area contributed by atoms with Gasteiger partial charge in [0.1, 0.15) is 5.82 Å². The summed E-state index contributed by atoms with van der Waals surface area (Å²) in [6, 6.07) is 2.38. The van der Waals surface area contributed by atoms with E-state index >= 15 is 0 Å². The Morgan fingerprint density at radius 3 is 2.71 bits per heavy atom. The highest BCUT2D eigenvalue weighted by atomic mass is 79.9. The maximum atomic E-state index is 7.29. The molecule has 0 aliphatic rings. The van der Waals surface area contributed by atoms with Gasteiger partial charge in [0.25, 0.3) is 0 Å². The van der Waals surface area contributed by atoms with Gasteiger partial charge in [0.05, 0.1) is 5.84 Å². The molecule has 0 radical (unpaired) electrons. The fourth-order valence-electron chi connectivity index (χ4n) is 1.56. The Hall–Kier alpha value is -1.10. The number of nitrogens with one attached hydrogen (secondary N) is 1. The average molecular weight is 299 g/mol. The van der Waals surface area contributed by atoms with Crippen LogP contribution in [0.25, 0.3) is 0 Å². The van der Waals surface area contributed by atoms with E-state index in [0.29, 0.717) is 12.5 Å². The Labute approximate surface area is 111 Å². The highest BCUT2D eigenvalue weighted by Gasteiger charge is 2.12. The standard InChI is InChI=1S/C12H19BrN4/c1-8(2)17(5-4-11(14)15)12-6-9(3)10(13)7-16-12/h6-8H,4-5H2,1-3H3,(H3,14,15). The molecule has 0 bridgehead atoms. The summed E-state index contributed by atoms with van der Waals surface area (Å²) in [5, 5.41) is 7.29. The van der Waals surface area contributed by atoms with Gasteiger partial charge in [-0.1, -0.05) is 0 Å². The molecule has 0 spiro atoms. The smallest absolute Gasteiger partial charge is 0.129 e. The van der Waals surface area contributed by atoms with Gasteiger partial charge in [0, 0.05) is 29.7 Å². The topological polar surface area (TPSA) is 66.0 Å². The highest BCUT2D eigenvalue weighted by molar-refractivity contribution is 9.10. The fraction of sp³-hybridized carbons (Fsp3) is 0.500. The second kappa shape index (κ2) is 6.00. The Morgan fingerprint density at radius 1 is 1.59 bits per heavy atom. The van der Waals surface area contributed by atoms with Crippen molar-refractivity contribution in [3.05, 3.63) is 22.3 Å². The molecule has 1 aromatic rings. The van der Waals surface area contributed by atoms with Crippen molar-refractivity contribution in [2.45, 2.75) is 33.2 Å². The number of hydrogen-bond acceptors (Lipinski definition) is 3. The summed E-state index contributed by atoms with van der Waals surface area (Å²) in [5.41, 5.74) is 6.56. The highest BCUT2D eigenvalue weighted by Crippen LogP contribution is 2.21. The van der Waals surface area contributed by atoms with Crippen LogP contribution in [0.3, 0.4) is 0 Å². The monoisotopic (exact) mass is 298 g/mol. The van der Waals surface area contributed by atoms with Gasteiger partial charge in [0.15, 0.2) is 0 Å². The first-order chi connectivity index (χ1) is 7.91. The van der Waals surface area contributed by atoms with Gasteiger partial charge in [-0.15, -0.1) is 0 Å². The number of aromatic nitrogens is 1. The molecule has 1 rings (SSSR count). The van der Waals surface area contributed by atoms with E-state index in [1.54, 1.807) is 0 Å². The Bertz CT molecular complexity index is 403. The lowest BCUT2D eigenvalue weighted by atomic mass is 10.2. The summed E-state index contributed by atoms with van der Waals surface area (Å²) in [7, 11) is 0. The van der Waals surface area contributed by atoms with Gasteiger partial charge >= 0.3 is 0 Å². The molecule has 94 valence electrons. The van der Waals surface area contributed by atoms with Crippen molar-refractivity contribution >= 4 is 27.6 Å². The minimum absolute atomic E-state index is 0.212. The van der Waals surface area contributed by atoms with E-state index in [2.05, 4.69) is 39.7 Å². The van der Waals surface area contributed by atoms with Crippen molar-refractivity contribution in [1.29, 1.82) is 5.41 Å². The van der Waals surface area contributed by atoms with E-state index in [4.69, 9.17) is 11.1 Å². The lowest BCUT2D eigenvalue weighted by molar-refractivity contribution is 0.678. The zero-order valence-electron chi connectivity index (χ0n) is 10.5. The maximum Gasteiger partial charge on any atom is 0.129 e. The summed E-state index contributed by atoms with van der Waals surface area (Å²) in [6.45, 7) is 6.98. The molecule has 5 heteroatoms. The molecule has 0 aliphatic carbocycles. The van der Waals surface area contributed by atoms with Crippen LogP contribution in [0.15, 0.2) is 16.7 Å². The number of halogens is 1. The summed E-state index contributed by atoms with van der Waals surface area (Å²) in [5.74, 6) is 1.14. The minimum atomic E-state index is 0.212. The van der Waals surface area contributed by atoms with E-state index in [0.717, 1.165) is 22.4 Å². The van der Waals surface area contributed by atoms with Gasteiger partial charge in [-0.2, -0.15) is 0 Å². The predicted molar refractivity (Wildman–Crippen MR) is 75.7 cm³/mol. The van der Waals surface area contributed by atoms with Gasteiger partial charge in [-0.3, -0.25) is 5.41 Å². The van der Waals surface area contributed by atoms with Gasteiger partial charge in [-0.25, -0.2) is 4.98 Å². The Morgan fingerprint density at radius 2 is 2.24 bits per heavy atom. The molecule has 0 atom stereocenters. The number of hydrogen-bond donors (Lipinski definition) is 2.